The summed E-state index contributed by atoms with van der Waals surface area (Å²) in [5, 5.41) is 14.4. The molecule has 0 aliphatic carbocycles. The van der Waals surface area contributed by atoms with Gasteiger partial charge < -0.3 is 14.7 Å². The first-order chi connectivity index (χ1) is 23.0. The molecule has 0 unspecified atom stereocenters. The monoisotopic (exact) mass is 712 g/mol. The van der Waals surface area contributed by atoms with E-state index >= 15 is 0 Å². The minimum absolute atomic E-state index is 0.0395. The zero-order valence-corrected chi connectivity index (χ0v) is 25.5. The molecule has 5 rings (SSSR count). The maximum atomic E-state index is 13.0. The summed E-state index contributed by atoms with van der Waals surface area (Å²) in [4.78, 5) is 36.3. The number of benzene rings is 3. The number of urea groups is 1. The number of carboxylic acid groups (broad SMARTS) is 1. The molecule has 0 spiro atoms. The van der Waals surface area contributed by atoms with Crippen LogP contribution in [0, 0.1) is 0 Å². The van der Waals surface area contributed by atoms with Gasteiger partial charge in [-0.15, -0.1) is 0 Å². The van der Waals surface area contributed by atoms with Crippen molar-refractivity contribution in [2.24, 2.45) is 5.16 Å². The zero-order valence-electron chi connectivity index (χ0n) is 24.7. The maximum Gasteiger partial charge on any atom is 0.451 e. The molecule has 1 aliphatic heterocycles. The Morgan fingerprint density at radius 2 is 1.39 bits per heavy atom. The Morgan fingerprint density at radius 3 is 1.88 bits per heavy atom. The van der Waals surface area contributed by atoms with Gasteiger partial charge in [0.2, 0.25) is 11.8 Å². The summed E-state index contributed by atoms with van der Waals surface area (Å²) in [5.74, 6) is -3.86. The molecule has 13 nitrogen and oxygen atoms in total. The molecule has 0 atom stereocenters. The SMILES string of the molecule is COc1nc(NC(=O)NS(=O)(=O)c2ccccc2C(F)(F)F)nc(C(F)(F)F)n1.O=C(O)C1=NOC(c2ccccc2)(c2ccccc2)C1. The van der Waals surface area contributed by atoms with E-state index in [0.29, 0.717) is 12.1 Å². The molecule has 2 heterocycles. The summed E-state index contributed by atoms with van der Waals surface area (Å²) in [7, 11) is -4.14. The third kappa shape index (κ3) is 8.58. The van der Waals surface area contributed by atoms with Crippen molar-refractivity contribution in [2.75, 3.05) is 12.4 Å². The minimum atomic E-state index is -5.05. The lowest BCUT2D eigenvalue weighted by Crippen LogP contribution is -2.36. The van der Waals surface area contributed by atoms with Gasteiger partial charge in [0.15, 0.2) is 11.3 Å². The number of methoxy groups -OCH3 is 1. The van der Waals surface area contributed by atoms with Crippen molar-refractivity contribution in [3.05, 3.63) is 107 Å². The van der Waals surface area contributed by atoms with Crippen LogP contribution < -0.4 is 14.8 Å². The van der Waals surface area contributed by atoms with Crippen molar-refractivity contribution in [1.29, 1.82) is 0 Å². The van der Waals surface area contributed by atoms with E-state index in [1.165, 1.54) is 4.72 Å². The first kappa shape index (κ1) is 36.1. The van der Waals surface area contributed by atoms with Gasteiger partial charge in [0.1, 0.15) is 0 Å². The number of hydrogen-bond donors (Lipinski definition) is 3. The Morgan fingerprint density at radius 1 is 0.837 bits per heavy atom. The van der Waals surface area contributed by atoms with Crippen LogP contribution in [-0.2, 0) is 37.6 Å². The number of sulfonamides is 1. The highest BCUT2D eigenvalue weighted by atomic mass is 32.2. The fourth-order valence-corrected chi connectivity index (χ4v) is 5.44. The zero-order chi connectivity index (χ0) is 36.0. The van der Waals surface area contributed by atoms with E-state index < -0.39 is 68.2 Å². The number of aliphatic carboxylic acids is 1. The van der Waals surface area contributed by atoms with Gasteiger partial charge in [0.05, 0.1) is 24.0 Å². The number of halogens is 6. The van der Waals surface area contributed by atoms with Crippen LogP contribution >= 0.6 is 0 Å². The van der Waals surface area contributed by atoms with Crippen molar-refractivity contribution >= 4 is 33.7 Å². The molecule has 0 saturated heterocycles. The highest BCUT2D eigenvalue weighted by Crippen LogP contribution is 2.41. The van der Waals surface area contributed by atoms with Gasteiger partial charge in [0.25, 0.3) is 10.0 Å². The number of amides is 2. The molecule has 49 heavy (non-hydrogen) atoms. The van der Waals surface area contributed by atoms with Crippen molar-refractivity contribution in [3.63, 3.8) is 0 Å². The second-order valence-electron chi connectivity index (χ2n) is 9.69. The molecular formula is C29H22F6N6O7S. The Labute approximate surface area is 272 Å². The number of hydrogen-bond acceptors (Lipinski definition) is 10. The van der Waals surface area contributed by atoms with Crippen molar-refractivity contribution in [1.82, 2.24) is 19.7 Å². The highest BCUT2D eigenvalue weighted by Gasteiger charge is 2.44. The largest absolute Gasteiger partial charge is 0.477 e. The molecule has 20 heteroatoms. The number of carboxylic acids is 1. The minimum Gasteiger partial charge on any atom is -0.477 e. The highest BCUT2D eigenvalue weighted by molar-refractivity contribution is 7.90. The van der Waals surface area contributed by atoms with Crippen LogP contribution in [0.1, 0.15) is 28.9 Å². The molecule has 0 radical (unpaired) electrons. The molecule has 4 aromatic rings. The molecule has 3 aromatic carbocycles. The van der Waals surface area contributed by atoms with E-state index in [1.54, 1.807) is 5.32 Å². The summed E-state index contributed by atoms with van der Waals surface area (Å²) in [6.07, 6.45) is -9.89. The van der Waals surface area contributed by atoms with Crippen LogP contribution in [0.15, 0.2) is 95.0 Å². The lowest BCUT2D eigenvalue weighted by Gasteiger charge is -2.27. The van der Waals surface area contributed by atoms with E-state index in [0.717, 1.165) is 30.4 Å². The summed E-state index contributed by atoms with van der Waals surface area (Å²) in [5.41, 5.74) is -0.576. The van der Waals surface area contributed by atoms with Crippen molar-refractivity contribution in [2.45, 2.75) is 29.3 Å². The Bertz CT molecular complexity index is 1920. The average Bonchev–Trinajstić information content (AvgIpc) is 3.52. The van der Waals surface area contributed by atoms with Gasteiger partial charge in [0, 0.05) is 11.1 Å². The molecule has 1 aromatic heterocycles. The topological polar surface area (TPSA) is 182 Å². The third-order valence-electron chi connectivity index (χ3n) is 6.44. The fraction of sp³-hybridized carbons (Fsp3) is 0.172. The smallest absolute Gasteiger partial charge is 0.451 e. The standard InChI is InChI=1S/C16H13NO3.C13H9F6N5O4S/c18-15(19)14-11-16(20-17-14,12-7-3-1-4-8-12)13-9-5-2-6-10-13;1-28-11-21-8(13(17,18)19)20-9(23-11)22-10(25)24-29(26,27)7-5-3-2-4-6(7)12(14,15)16/h1-10H,11H2,(H,18,19);2-5H,1H3,(H2,20,21,22,23,24,25). The molecule has 2 amide bonds. The van der Waals surface area contributed by atoms with Crippen LogP contribution in [0.3, 0.4) is 0 Å². The first-order valence-corrected chi connectivity index (χ1v) is 14.9. The number of oxime groups is 1. The quantitative estimate of drug-likeness (QED) is 0.215. The number of alkyl halides is 6. The second-order valence-corrected chi connectivity index (χ2v) is 11.3. The van der Waals surface area contributed by atoms with Gasteiger partial charge >= 0.3 is 30.4 Å². The van der Waals surface area contributed by atoms with Crippen LogP contribution in [0.2, 0.25) is 0 Å². The molecular weight excluding hydrogens is 690 g/mol. The lowest BCUT2D eigenvalue weighted by molar-refractivity contribution is -0.145. The van der Waals surface area contributed by atoms with E-state index in [1.807, 2.05) is 60.7 Å². The van der Waals surface area contributed by atoms with Crippen molar-refractivity contribution < 1.29 is 59.0 Å². The number of nitrogens with zero attached hydrogens (tertiary/aromatic N) is 4. The Kier molecular flexibility index (Phi) is 10.4. The number of carbonyl (C=O) groups excluding carboxylic acids is 1. The summed E-state index contributed by atoms with van der Waals surface area (Å²) < 4.78 is 107. The molecule has 0 saturated carbocycles. The van der Waals surface area contributed by atoms with E-state index in [4.69, 9.17) is 9.94 Å². The predicted octanol–water partition coefficient (Wildman–Crippen LogP) is 5.22. The second kappa shape index (κ2) is 14.1. The molecule has 258 valence electrons. The van der Waals surface area contributed by atoms with Crippen LogP contribution in [0.5, 0.6) is 6.01 Å². The van der Waals surface area contributed by atoms with E-state index in [-0.39, 0.29) is 12.1 Å². The van der Waals surface area contributed by atoms with Gasteiger partial charge in [-0.1, -0.05) is 78.0 Å². The summed E-state index contributed by atoms with van der Waals surface area (Å²) >= 11 is 0. The van der Waals surface area contributed by atoms with Crippen LogP contribution in [-0.4, -0.2) is 53.3 Å². The number of ether oxygens (including phenoxy) is 1. The average molecular weight is 713 g/mol. The number of aromatic nitrogens is 3. The van der Waals surface area contributed by atoms with Gasteiger partial charge in [-0.2, -0.15) is 41.3 Å². The van der Waals surface area contributed by atoms with E-state index in [9.17, 15) is 44.3 Å². The van der Waals surface area contributed by atoms with Crippen LogP contribution in [0.4, 0.5) is 37.1 Å². The van der Waals surface area contributed by atoms with Crippen LogP contribution in [0.25, 0.3) is 0 Å². The maximum absolute atomic E-state index is 13.0. The molecule has 0 fully saturated rings. The summed E-state index contributed by atoms with van der Waals surface area (Å²) in [6, 6.07) is 19.5. The predicted molar refractivity (Wildman–Crippen MR) is 157 cm³/mol. The third-order valence-corrected chi connectivity index (χ3v) is 7.83. The fourth-order valence-electron chi connectivity index (χ4n) is 4.31. The Balaban J connectivity index is 0.000000235. The summed E-state index contributed by atoms with van der Waals surface area (Å²) in [6.45, 7) is 0. The van der Waals surface area contributed by atoms with Crippen molar-refractivity contribution in [3.8, 4) is 6.01 Å². The van der Waals surface area contributed by atoms with E-state index in [2.05, 4.69) is 24.8 Å². The van der Waals surface area contributed by atoms with Gasteiger partial charge in [-0.05, 0) is 12.1 Å². The number of carbonyl (C=O) groups is 2. The number of nitrogens with one attached hydrogen (secondary N) is 2. The molecule has 0 bridgehead atoms. The Hall–Kier alpha value is -5.79. The normalized spacial score (nSPS) is 14.0. The number of rotatable bonds is 7. The van der Waals surface area contributed by atoms with Gasteiger partial charge in [-0.25, -0.2) is 22.7 Å². The first-order valence-electron chi connectivity index (χ1n) is 13.4. The molecule has 1 aliphatic rings. The molecule has 3 N–H and O–H groups in total. The lowest BCUT2D eigenvalue weighted by atomic mass is 9.82. The van der Waals surface area contributed by atoms with Gasteiger partial charge in [-0.3, -0.25) is 5.32 Å². The number of anilines is 1.